The number of fused-ring (bicyclic) bond motifs is 11. The third-order valence-electron chi connectivity index (χ3n) is 14.7. The molecule has 2 atom stereocenters. The van der Waals surface area contributed by atoms with Crippen molar-refractivity contribution in [1.29, 1.82) is 10.5 Å². The van der Waals surface area contributed by atoms with Gasteiger partial charge in [0.25, 0.3) is 11.4 Å². The number of carbonyl (C=O) groups is 2. The second kappa shape index (κ2) is 15.1. The van der Waals surface area contributed by atoms with Gasteiger partial charge >= 0.3 is 0 Å². The van der Waals surface area contributed by atoms with Crippen molar-refractivity contribution in [2.75, 3.05) is 0 Å². The first-order valence-corrected chi connectivity index (χ1v) is 24.2. The number of ether oxygens (including phenoxy) is 2. The van der Waals surface area contributed by atoms with Gasteiger partial charge in [0.2, 0.25) is 0 Å². The van der Waals surface area contributed by atoms with Crippen LogP contribution in [0.4, 0.5) is 0 Å². The van der Waals surface area contributed by atoms with Crippen LogP contribution in [-0.4, -0.2) is 22.8 Å². The van der Waals surface area contributed by atoms with Gasteiger partial charge in [-0.2, -0.15) is 0 Å². The maximum atomic E-state index is 13.9. The molecular weight excluding hydrogens is 857 g/mol. The number of benzene rings is 2. The molecule has 2 spiro atoms. The molecule has 0 radical (unpaired) electrons. The van der Waals surface area contributed by atoms with Crippen LogP contribution in [0.1, 0.15) is 116 Å². The van der Waals surface area contributed by atoms with Crippen molar-refractivity contribution in [1.82, 2.24) is 0 Å². The van der Waals surface area contributed by atoms with Crippen molar-refractivity contribution >= 4 is 68.7 Å². The molecule has 2 fully saturated rings. The largest absolute Gasteiger partial charge is 0.481 e. The minimum Gasteiger partial charge on any atom is -0.481 e. The molecule has 2 aromatic carbocycles. The summed E-state index contributed by atoms with van der Waals surface area (Å²) in [5.41, 5.74) is 7.33. The number of Topliss-reactive ketones (excluding diaryl/α,β-unsaturated/α-hetero) is 2. The van der Waals surface area contributed by atoms with Crippen molar-refractivity contribution in [2.45, 2.75) is 75.4 Å². The molecule has 12 rings (SSSR count). The van der Waals surface area contributed by atoms with Gasteiger partial charge in [-0.25, -0.2) is 20.2 Å². The Morgan fingerprint density at radius 2 is 1.00 bits per heavy atom. The third-order valence-corrected chi connectivity index (χ3v) is 16.9. The Bertz CT molecular complexity index is 3120. The zero-order valence-corrected chi connectivity index (χ0v) is 37.3. The van der Waals surface area contributed by atoms with Gasteiger partial charge in [0.05, 0.1) is 35.0 Å². The molecule has 4 aromatic rings. The van der Waals surface area contributed by atoms with Crippen LogP contribution < -0.4 is 9.47 Å². The number of nitrogens with zero attached hydrogens (tertiary/aromatic N) is 4. The number of ketones is 2. The summed E-state index contributed by atoms with van der Waals surface area (Å²) in [7, 11) is 0. The van der Waals surface area contributed by atoms with Gasteiger partial charge < -0.3 is 9.47 Å². The van der Waals surface area contributed by atoms with Crippen LogP contribution >= 0.6 is 22.7 Å². The van der Waals surface area contributed by atoms with E-state index in [4.69, 9.17) is 22.6 Å². The fourth-order valence-electron chi connectivity index (χ4n) is 11.8. The van der Waals surface area contributed by atoms with Crippen molar-refractivity contribution in [3.8, 4) is 23.6 Å². The van der Waals surface area contributed by atoms with Gasteiger partial charge in [-0.15, -0.1) is 22.7 Å². The van der Waals surface area contributed by atoms with Crippen molar-refractivity contribution in [3.63, 3.8) is 0 Å². The first-order chi connectivity index (χ1) is 32.3. The summed E-state index contributed by atoms with van der Waals surface area (Å²) in [6, 6.07) is 22.6. The minimum absolute atomic E-state index is 0.0566. The monoisotopic (exact) mass is 894 g/mol. The Morgan fingerprint density at radius 1 is 0.606 bits per heavy atom. The molecule has 2 unspecified atom stereocenters. The first-order valence-electron chi connectivity index (χ1n) is 22.6. The van der Waals surface area contributed by atoms with Crippen LogP contribution in [0.25, 0.3) is 44.1 Å². The second-order valence-corrected chi connectivity index (χ2v) is 20.4. The topological polar surface area (TPSA) is 109 Å². The molecule has 8 aliphatic rings. The first kappa shape index (κ1) is 40.2. The van der Waals surface area contributed by atoms with Crippen LogP contribution in [0, 0.1) is 47.6 Å². The molecule has 0 bridgehead atoms. The zero-order valence-electron chi connectivity index (χ0n) is 35.7. The molecule has 8 nitrogen and oxygen atoms in total. The number of thiophene rings is 2. The Kier molecular flexibility index (Phi) is 9.21. The molecule has 2 aliphatic heterocycles. The van der Waals surface area contributed by atoms with E-state index < -0.39 is 11.2 Å². The molecule has 0 N–H and O–H groups in total. The third kappa shape index (κ3) is 5.89. The lowest BCUT2D eigenvalue weighted by atomic mass is 9.65. The minimum atomic E-state index is -0.490. The summed E-state index contributed by atoms with van der Waals surface area (Å²) >= 11 is 3.17. The lowest BCUT2D eigenvalue weighted by Crippen LogP contribution is -2.45. The summed E-state index contributed by atoms with van der Waals surface area (Å²) in [5.74, 6) is 1.35. The molecule has 10 heteroatoms. The summed E-state index contributed by atoms with van der Waals surface area (Å²) in [4.78, 5) is 38.6. The van der Waals surface area contributed by atoms with E-state index in [1.54, 1.807) is 59.1 Å². The van der Waals surface area contributed by atoms with Gasteiger partial charge in [-0.1, -0.05) is 85.7 Å². The van der Waals surface area contributed by atoms with Gasteiger partial charge in [0, 0.05) is 66.2 Å². The van der Waals surface area contributed by atoms with E-state index in [2.05, 4.69) is 34.0 Å². The molecule has 0 saturated heterocycles. The molecule has 318 valence electrons. The normalized spacial score (nSPS) is 25.0. The van der Waals surface area contributed by atoms with Gasteiger partial charge in [0.1, 0.15) is 22.7 Å². The summed E-state index contributed by atoms with van der Waals surface area (Å²) in [6.07, 6.45) is 23.6. The number of hydrogen-bond acceptors (Lipinski definition) is 8. The molecular formula is C56H38N4O4S2. The van der Waals surface area contributed by atoms with E-state index in [0.29, 0.717) is 44.5 Å². The highest BCUT2D eigenvalue weighted by atomic mass is 32.1. The zero-order chi connectivity index (χ0) is 44.9. The smallest absolute Gasteiger partial charge is 0.270 e. The lowest BCUT2D eigenvalue weighted by molar-refractivity contribution is 0.0636. The number of carbonyl (C=O) groups excluding carboxylic acids is 2. The fourth-order valence-corrected chi connectivity index (χ4v) is 13.9. The predicted octanol–water partition coefficient (Wildman–Crippen LogP) is 13.4. The molecule has 0 amide bonds. The average Bonchev–Trinajstić information content (AvgIpc) is 4.09. The van der Waals surface area contributed by atoms with Gasteiger partial charge in [-0.3, -0.25) is 9.59 Å². The van der Waals surface area contributed by atoms with Gasteiger partial charge in [0.15, 0.2) is 11.6 Å². The van der Waals surface area contributed by atoms with Crippen LogP contribution in [0.15, 0.2) is 119 Å². The average molecular weight is 895 g/mol. The second-order valence-electron chi connectivity index (χ2n) is 18.2. The number of rotatable bonds is 2. The van der Waals surface area contributed by atoms with Crippen molar-refractivity contribution in [3.05, 3.63) is 183 Å². The van der Waals surface area contributed by atoms with Crippen molar-refractivity contribution < 1.29 is 19.1 Å². The Hall–Kier alpha value is -7.34. The fraction of sp³-hybridized carbons (Fsp3) is 0.250. The maximum absolute atomic E-state index is 13.9. The molecule has 2 aromatic heterocycles. The highest BCUT2D eigenvalue weighted by Crippen LogP contribution is 2.60. The number of nitriles is 2. The quantitative estimate of drug-likeness (QED) is 0.113. The van der Waals surface area contributed by atoms with E-state index in [9.17, 15) is 20.1 Å². The Labute approximate surface area is 390 Å². The highest BCUT2D eigenvalue weighted by Gasteiger charge is 2.50. The molecule has 6 aliphatic carbocycles. The Balaban J connectivity index is 0.972. The maximum Gasteiger partial charge on any atom is 0.270 e. The number of hydrogen-bond donors (Lipinski definition) is 0. The summed E-state index contributed by atoms with van der Waals surface area (Å²) in [6.45, 7) is 15.6. The molecule has 2 saturated carbocycles. The van der Waals surface area contributed by atoms with E-state index >= 15 is 0 Å². The van der Waals surface area contributed by atoms with Crippen LogP contribution in [-0.2, 0) is 0 Å². The summed E-state index contributed by atoms with van der Waals surface area (Å²) in [5, 5.41) is 19.9. The standard InChI is InChI=1S/C56H38N4O4S2/c1-59-45(29-57)49-35-13-5-7-15-37(35)51(61)41(49)25-33-27-47-53(65-33)39-21-31-24-44-40(22-32(31)23-43(39)55(63-47)17-9-3-10-18-55)54-48(64-56(44)19-11-4-12-20-56)28-34(66-54)26-42-50(46(30-58)60-2)36-14-6-8-16-38(36)52(42)62/h5-8,13-16,21-28,31-32H,3-4,9-12,17-20H2/b41-25-,42-26-,49-45+,50-46?. The summed E-state index contributed by atoms with van der Waals surface area (Å²) < 4.78 is 14.4. The van der Waals surface area contributed by atoms with E-state index in [0.717, 1.165) is 95.2 Å². The lowest BCUT2D eigenvalue weighted by Gasteiger charge is -2.48. The van der Waals surface area contributed by atoms with E-state index in [1.807, 2.05) is 48.6 Å². The molecule has 66 heavy (non-hydrogen) atoms. The van der Waals surface area contributed by atoms with Crippen molar-refractivity contribution in [2.24, 2.45) is 11.8 Å². The van der Waals surface area contributed by atoms with E-state index in [-0.39, 0.29) is 34.8 Å². The van der Waals surface area contributed by atoms with E-state index in [1.165, 1.54) is 22.3 Å². The predicted molar refractivity (Wildman–Crippen MR) is 256 cm³/mol. The SMILES string of the molecule is [C-]#[N+]C(C#N)=C1/C(=C/c2cc3c(s2)C2=CC4C=C5C(=CC4C=C2C2(CCCCC2)O3)c2sc(/C=C3\C(=O)c4ccccc4\C3=C(\C#N)[N+]#[C-])cc2OC52CCCCC2)C(=O)c2ccccc21. The van der Waals surface area contributed by atoms with Crippen LogP contribution in [0.5, 0.6) is 11.5 Å². The van der Waals surface area contributed by atoms with Crippen LogP contribution in [0.3, 0.4) is 0 Å². The van der Waals surface area contributed by atoms with Gasteiger partial charge in [-0.05, 0) is 97.9 Å². The number of allylic oxidation sites excluding steroid dienone is 10. The van der Waals surface area contributed by atoms with Crippen LogP contribution in [0.2, 0.25) is 0 Å². The highest BCUT2D eigenvalue weighted by molar-refractivity contribution is 7.15. The molecule has 4 heterocycles. The Morgan fingerprint density at radius 3 is 1.38 bits per heavy atom.